The van der Waals surface area contributed by atoms with E-state index in [1.54, 1.807) is 49.4 Å². The lowest BCUT2D eigenvalue weighted by Gasteiger charge is -2.18. The van der Waals surface area contributed by atoms with Crippen molar-refractivity contribution in [2.24, 2.45) is 0 Å². The van der Waals surface area contributed by atoms with Gasteiger partial charge in [0.2, 0.25) is 0 Å². The minimum absolute atomic E-state index is 0.0695. The molecule has 34 heavy (non-hydrogen) atoms. The molecule has 2 N–H and O–H groups in total. The van der Waals surface area contributed by atoms with Crippen molar-refractivity contribution in [2.45, 2.75) is 20.3 Å². The van der Waals surface area contributed by atoms with Crippen molar-refractivity contribution in [1.29, 1.82) is 0 Å². The molecule has 0 atom stereocenters. The zero-order valence-corrected chi connectivity index (χ0v) is 20.0. The molecule has 0 fully saturated rings. The summed E-state index contributed by atoms with van der Waals surface area (Å²) in [5.74, 6) is -1.55. The first-order valence-corrected chi connectivity index (χ1v) is 11.4. The molecule has 0 radical (unpaired) electrons. The Hall–Kier alpha value is -3.61. The maximum absolute atomic E-state index is 13.1. The molecule has 0 saturated heterocycles. The fraction of sp³-hybridized carbons (Fsp3) is 0.115. The first-order valence-electron chi connectivity index (χ1n) is 10.6. The third-order valence-electron chi connectivity index (χ3n) is 5.55. The summed E-state index contributed by atoms with van der Waals surface area (Å²) in [4.78, 5) is 39.7. The normalized spacial score (nSPS) is 13.5. The molecule has 0 saturated carbocycles. The number of benzene rings is 3. The van der Waals surface area contributed by atoms with Gasteiger partial charge in [-0.1, -0.05) is 60.5 Å². The molecule has 0 spiro atoms. The van der Waals surface area contributed by atoms with Crippen molar-refractivity contribution in [1.82, 2.24) is 0 Å². The van der Waals surface area contributed by atoms with Crippen LogP contribution in [0.15, 0.2) is 77.5 Å². The number of carbonyl (C=O) groups excluding carboxylic acids is 3. The van der Waals surface area contributed by atoms with Gasteiger partial charge < -0.3 is 10.6 Å². The maximum Gasteiger partial charge on any atom is 0.283 e. The van der Waals surface area contributed by atoms with Crippen LogP contribution in [0.4, 0.5) is 17.1 Å². The third-order valence-corrected chi connectivity index (χ3v) is 6.31. The highest BCUT2D eigenvalue weighted by Gasteiger charge is 2.39. The lowest BCUT2D eigenvalue weighted by atomic mass is 10.1. The van der Waals surface area contributed by atoms with Crippen LogP contribution < -0.4 is 15.5 Å². The molecule has 0 aliphatic carbocycles. The first kappa shape index (κ1) is 23.5. The summed E-state index contributed by atoms with van der Waals surface area (Å²) in [6.07, 6.45) is 0.781. The number of nitrogens with zero attached hydrogens (tertiary/aromatic N) is 1. The van der Waals surface area contributed by atoms with E-state index in [-0.39, 0.29) is 16.6 Å². The van der Waals surface area contributed by atoms with E-state index < -0.39 is 11.8 Å². The Morgan fingerprint density at radius 3 is 2.44 bits per heavy atom. The molecule has 3 aromatic carbocycles. The van der Waals surface area contributed by atoms with Gasteiger partial charge in [0.15, 0.2) is 0 Å². The van der Waals surface area contributed by atoms with Crippen molar-refractivity contribution in [3.63, 3.8) is 0 Å². The number of aryl methyl sites for hydroxylation is 1. The van der Waals surface area contributed by atoms with Crippen molar-refractivity contribution < 1.29 is 14.4 Å². The molecule has 0 aromatic heterocycles. The van der Waals surface area contributed by atoms with E-state index >= 15 is 0 Å². The topological polar surface area (TPSA) is 78.5 Å². The summed E-state index contributed by atoms with van der Waals surface area (Å²) < 4.78 is 0. The number of anilines is 3. The van der Waals surface area contributed by atoms with Gasteiger partial charge >= 0.3 is 0 Å². The Bertz CT molecular complexity index is 1350. The molecule has 6 nitrogen and oxygen atoms in total. The van der Waals surface area contributed by atoms with E-state index in [1.807, 2.05) is 31.2 Å². The summed E-state index contributed by atoms with van der Waals surface area (Å²) in [7, 11) is 0. The van der Waals surface area contributed by atoms with Crippen molar-refractivity contribution in [2.75, 3.05) is 15.5 Å². The standard InChI is InChI=1S/C26H21Cl2N3O3/c1-3-16-8-4-5-12-20(16)30-24(32)17-9-6-10-18(14-17)29-23-22(28)25(33)31(26(23)34)21-13-7-11-19(27)15(21)2/h4-14,29H,3H2,1-2H3,(H,30,32). The average molecular weight is 494 g/mol. The molecule has 0 bridgehead atoms. The fourth-order valence-corrected chi connectivity index (χ4v) is 4.08. The van der Waals surface area contributed by atoms with Crippen LogP contribution in [0.25, 0.3) is 0 Å². The van der Waals surface area contributed by atoms with Gasteiger partial charge in [0, 0.05) is 22.0 Å². The monoisotopic (exact) mass is 493 g/mol. The number of carbonyl (C=O) groups is 3. The highest BCUT2D eigenvalue weighted by Crippen LogP contribution is 2.34. The molecule has 3 amide bonds. The van der Waals surface area contributed by atoms with E-state index in [2.05, 4.69) is 10.6 Å². The van der Waals surface area contributed by atoms with E-state index in [0.29, 0.717) is 27.5 Å². The molecule has 1 heterocycles. The SMILES string of the molecule is CCc1ccccc1NC(=O)c1cccc(NC2=C(Cl)C(=O)N(c3cccc(Cl)c3C)C2=O)c1. The molecule has 1 aliphatic rings. The minimum atomic E-state index is -0.649. The number of rotatable bonds is 6. The van der Waals surface area contributed by atoms with Gasteiger partial charge in [-0.05, 0) is 60.9 Å². The molecule has 0 unspecified atom stereocenters. The lowest BCUT2D eigenvalue weighted by Crippen LogP contribution is -2.32. The summed E-state index contributed by atoms with van der Waals surface area (Å²) in [5, 5.41) is 6.02. The van der Waals surface area contributed by atoms with E-state index in [9.17, 15) is 14.4 Å². The second-order valence-electron chi connectivity index (χ2n) is 7.69. The smallest absolute Gasteiger partial charge is 0.283 e. The zero-order chi connectivity index (χ0) is 24.4. The third kappa shape index (κ3) is 4.42. The minimum Gasteiger partial charge on any atom is -0.350 e. The summed E-state index contributed by atoms with van der Waals surface area (Å²) in [6.45, 7) is 3.73. The molecular weight excluding hydrogens is 473 g/mol. The summed E-state index contributed by atoms with van der Waals surface area (Å²) in [6, 6.07) is 19.2. The van der Waals surface area contributed by atoms with Crippen molar-refractivity contribution in [3.8, 4) is 0 Å². The largest absolute Gasteiger partial charge is 0.350 e. The predicted molar refractivity (Wildman–Crippen MR) is 135 cm³/mol. The van der Waals surface area contributed by atoms with Crippen LogP contribution in [0, 0.1) is 6.92 Å². The number of hydrogen-bond acceptors (Lipinski definition) is 4. The lowest BCUT2D eigenvalue weighted by molar-refractivity contribution is -0.120. The van der Waals surface area contributed by atoms with Crippen LogP contribution in [-0.4, -0.2) is 17.7 Å². The molecule has 3 aromatic rings. The molecule has 8 heteroatoms. The molecule has 4 rings (SSSR count). The van der Waals surface area contributed by atoms with Gasteiger partial charge in [-0.3, -0.25) is 14.4 Å². The van der Waals surface area contributed by atoms with Crippen LogP contribution in [0.3, 0.4) is 0 Å². The van der Waals surface area contributed by atoms with Crippen LogP contribution in [0.5, 0.6) is 0 Å². The van der Waals surface area contributed by atoms with Gasteiger partial charge in [-0.15, -0.1) is 0 Å². The van der Waals surface area contributed by atoms with Crippen LogP contribution in [-0.2, 0) is 16.0 Å². The Balaban J connectivity index is 1.57. The van der Waals surface area contributed by atoms with E-state index in [4.69, 9.17) is 23.2 Å². The second kappa shape index (κ2) is 9.71. The number of halogens is 2. The van der Waals surface area contributed by atoms with Crippen molar-refractivity contribution in [3.05, 3.63) is 99.2 Å². The second-order valence-corrected chi connectivity index (χ2v) is 8.47. The average Bonchev–Trinajstić information content (AvgIpc) is 3.04. The van der Waals surface area contributed by atoms with Gasteiger partial charge in [-0.2, -0.15) is 0 Å². The van der Waals surface area contributed by atoms with Crippen LogP contribution >= 0.6 is 23.2 Å². The van der Waals surface area contributed by atoms with E-state index in [1.165, 1.54) is 0 Å². The zero-order valence-electron chi connectivity index (χ0n) is 18.5. The van der Waals surface area contributed by atoms with Gasteiger partial charge in [0.05, 0.1) is 5.69 Å². The number of amides is 3. The Morgan fingerprint density at radius 1 is 0.941 bits per heavy atom. The number of imide groups is 1. The highest BCUT2D eigenvalue weighted by atomic mass is 35.5. The van der Waals surface area contributed by atoms with Crippen LogP contribution in [0.2, 0.25) is 5.02 Å². The predicted octanol–water partition coefficient (Wildman–Crippen LogP) is 5.90. The van der Waals surface area contributed by atoms with Gasteiger partial charge in [0.25, 0.3) is 17.7 Å². The number of hydrogen-bond donors (Lipinski definition) is 2. The summed E-state index contributed by atoms with van der Waals surface area (Å²) >= 11 is 12.4. The summed E-state index contributed by atoms with van der Waals surface area (Å²) in [5.41, 5.74) is 3.46. The fourth-order valence-electron chi connectivity index (χ4n) is 3.70. The highest BCUT2D eigenvalue weighted by molar-refractivity contribution is 6.53. The first-order chi connectivity index (χ1) is 16.3. The van der Waals surface area contributed by atoms with Gasteiger partial charge in [-0.25, -0.2) is 4.90 Å². The van der Waals surface area contributed by atoms with Crippen molar-refractivity contribution >= 4 is 58.0 Å². The van der Waals surface area contributed by atoms with E-state index in [0.717, 1.165) is 22.6 Å². The quantitative estimate of drug-likeness (QED) is 0.419. The molecule has 1 aliphatic heterocycles. The van der Waals surface area contributed by atoms with Crippen LogP contribution in [0.1, 0.15) is 28.4 Å². The molecule has 172 valence electrons. The number of para-hydroxylation sites is 1. The Morgan fingerprint density at radius 2 is 1.68 bits per heavy atom. The van der Waals surface area contributed by atoms with Gasteiger partial charge in [0.1, 0.15) is 10.7 Å². The Kier molecular flexibility index (Phi) is 6.72. The Labute approximate surface area is 207 Å². The molecular formula is C26H21Cl2N3O3. The maximum atomic E-state index is 13.1. The number of nitrogens with one attached hydrogen (secondary N) is 2.